The Morgan fingerprint density at radius 3 is 2.24 bits per heavy atom. The molecule has 0 aromatic heterocycles. The second-order valence-corrected chi connectivity index (χ2v) is 11.0. The van der Waals surface area contributed by atoms with Crippen LogP contribution in [-0.4, -0.2) is 34.5 Å². The molecule has 8 nitrogen and oxygen atoms in total. The van der Waals surface area contributed by atoms with Crippen LogP contribution in [0.15, 0.2) is 103 Å². The topological polar surface area (TPSA) is 110 Å². The lowest BCUT2D eigenvalue weighted by Gasteiger charge is -2.37. The van der Waals surface area contributed by atoms with Crippen LogP contribution in [0.3, 0.4) is 0 Å². The summed E-state index contributed by atoms with van der Waals surface area (Å²) in [5.41, 5.74) is 1.71. The van der Waals surface area contributed by atoms with E-state index in [1.54, 1.807) is 30.3 Å². The van der Waals surface area contributed by atoms with Crippen molar-refractivity contribution < 1.29 is 19.3 Å². The fourth-order valence-corrected chi connectivity index (χ4v) is 6.96. The van der Waals surface area contributed by atoms with Gasteiger partial charge in [-0.15, -0.1) is 0 Å². The number of rotatable bonds is 5. The van der Waals surface area contributed by atoms with Gasteiger partial charge in [0.05, 0.1) is 16.9 Å². The molecule has 0 bridgehead atoms. The molecule has 9 heteroatoms. The Bertz CT molecular complexity index is 1840. The molecule has 0 radical (unpaired) electrons. The minimum atomic E-state index is -1.45. The van der Waals surface area contributed by atoms with Crippen molar-refractivity contribution in [2.75, 3.05) is 10.2 Å². The number of ketones is 2. The molecule has 1 saturated heterocycles. The van der Waals surface area contributed by atoms with Gasteiger partial charge in [-0.25, -0.2) is 0 Å². The normalized spacial score (nSPS) is 23.2. The lowest BCUT2D eigenvalue weighted by molar-refractivity contribution is -0.384. The van der Waals surface area contributed by atoms with Crippen LogP contribution < -0.4 is 10.2 Å². The Morgan fingerprint density at radius 1 is 0.857 bits per heavy atom. The monoisotopic (exact) mass is 575 g/mol. The zero-order valence-electron chi connectivity index (χ0n) is 21.9. The quantitative estimate of drug-likeness (QED) is 0.175. The first-order chi connectivity index (χ1) is 20.3. The Hall–Kier alpha value is -5.08. The number of carbonyl (C=O) groups is 3. The number of benzene rings is 4. The molecule has 0 aliphatic carbocycles. The Balaban J connectivity index is 1.51. The van der Waals surface area contributed by atoms with Gasteiger partial charge in [-0.3, -0.25) is 24.5 Å². The summed E-state index contributed by atoms with van der Waals surface area (Å²) in [4.78, 5) is 56.3. The Kier molecular flexibility index (Phi) is 5.85. The first-order valence-corrected chi connectivity index (χ1v) is 13.7. The van der Waals surface area contributed by atoms with Crippen molar-refractivity contribution in [3.8, 4) is 0 Å². The molecule has 4 aromatic rings. The number of nitrogens with one attached hydrogen (secondary N) is 1. The zero-order chi connectivity index (χ0) is 29.2. The molecule has 42 heavy (non-hydrogen) atoms. The van der Waals surface area contributed by atoms with E-state index in [1.165, 1.54) is 24.3 Å². The van der Waals surface area contributed by atoms with Crippen molar-refractivity contribution in [2.45, 2.75) is 17.5 Å². The third-order valence-electron chi connectivity index (χ3n) is 8.58. The van der Waals surface area contributed by atoms with Crippen LogP contribution in [0.2, 0.25) is 5.02 Å². The van der Waals surface area contributed by atoms with Crippen LogP contribution in [0.5, 0.6) is 0 Å². The number of hydrogen-bond acceptors (Lipinski definition) is 6. The van der Waals surface area contributed by atoms with Crippen molar-refractivity contribution >= 4 is 52.2 Å². The molecule has 3 aliphatic heterocycles. The SMILES string of the molecule is O=C(c1ccc([N+](=O)[O-])cc1)[C@@H]1[C@H](C(=O)c2ccc(Cl)cc2)[C@]2(C(=O)Nc3ccccc32)[C@H]2C=Cc3ccccc3N12. The van der Waals surface area contributed by atoms with Gasteiger partial charge < -0.3 is 10.2 Å². The van der Waals surface area contributed by atoms with Crippen LogP contribution >= 0.6 is 11.6 Å². The van der Waals surface area contributed by atoms with Crippen LogP contribution in [0.4, 0.5) is 17.1 Å². The molecule has 0 saturated carbocycles. The lowest BCUT2D eigenvalue weighted by Crippen LogP contribution is -2.51. The van der Waals surface area contributed by atoms with E-state index in [1.807, 2.05) is 59.5 Å². The molecule has 206 valence electrons. The highest BCUT2D eigenvalue weighted by Gasteiger charge is 2.70. The minimum absolute atomic E-state index is 0.156. The standard InChI is InChI=1S/C33H22ClN3O5/c34-22-14-9-20(10-15-22)30(38)28-29(31(39)21-11-16-23(17-12-21)37(41)42)36-26-8-4-1-5-19(26)13-18-27(36)33(28)24-6-2-3-7-25(24)35-32(33)40/h1-18,27-29H,(H,35,40)/t27-,28-,29+,33-/m1/s1. The van der Waals surface area contributed by atoms with Gasteiger partial charge in [0.25, 0.3) is 5.69 Å². The van der Waals surface area contributed by atoms with E-state index in [-0.39, 0.29) is 22.9 Å². The van der Waals surface area contributed by atoms with E-state index in [0.29, 0.717) is 27.5 Å². The van der Waals surface area contributed by atoms with Crippen LogP contribution in [-0.2, 0) is 10.2 Å². The van der Waals surface area contributed by atoms with Crippen molar-refractivity contribution in [3.63, 3.8) is 0 Å². The van der Waals surface area contributed by atoms with Crippen LogP contribution in [0, 0.1) is 16.0 Å². The molecule has 1 fully saturated rings. The molecule has 0 unspecified atom stereocenters. The number of carbonyl (C=O) groups excluding carboxylic acids is 3. The van der Waals surface area contributed by atoms with E-state index in [2.05, 4.69) is 5.32 Å². The number of halogens is 1. The van der Waals surface area contributed by atoms with Gasteiger partial charge in [-0.2, -0.15) is 0 Å². The molecular weight excluding hydrogens is 554 g/mol. The van der Waals surface area contributed by atoms with Crippen molar-refractivity contribution in [1.29, 1.82) is 0 Å². The third-order valence-corrected chi connectivity index (χ3v) is 8.84. The number of Topliss-reactive ketones (excluding diaryl/α,β-unsaturated/α-hetero) is 2. The second kappa shape index (κ2) is 9.49. The number of amides is 1. The van der Waals surface area contributed by atoms with Crippen LogP contribution in [0.1, 0.15) is 31.8 Å². The van der Waals surface area contributed by atoms with Crippen molar-refractivity contribution in [2.24, 2.45) is 5.92 Å². The lowest BCUT2D eigenvalue weighted by atomic mass is 9.64. The first-order valence-electron chi connectivity index (χ1n) is 13.4. The summed E-state index contributed by atoms with van der Waals surface area (Å²) in [7, 11) is 0. The number of anilines is 2. The maximum absolute atomic E-state index is 14.7. The zero-order valence-corrected chi connectivity index (χ0v) is 22.7. The van der Waals surface area contributed by atoms with Gasteiger partial charge in [0.2, 0.25) is 5.91 Å². The fourth-order valence-electron chi connectivity index (χ4n) is 6.83. The molecule has 4 atom stereocenters. The summed E-state index contributed by atoms with van der Waals surface area (Å²) in [6.07, 6.45) is 3.82. The number of nitrogens with zero attached hydrogens (tertiary/aromatic N) is 2. The van der Waals surface area contributed by atoms with Gasteiger partial charge in [0.15, 0.2) is 11.6 Å². The minimum Gasteiger partial charge on any atom is -0.352 e. The number of fused-ring (bicyclic) bond motifs is 6. The third kappa shape index (κ3) is 3.58. The van der Waals surface area contributed by atoms with Gasteiger partial charge in [-0.1, -0.05) is 60.2 Å². The molecule has 3 aliphatic rings. The van der Waals surface area contributed by atoms with Gasteiger partial charge in [0.1, 0.15) is 11.5 Å². The summed E-state index contributed by atoms with van der Waals surface area (Å²) < 4.78 is 0. The number of hydrogen-bond donors (Lipinski definition) is 1. The fraction of sp³-hybridized carbons (Fsp3) is 0.121. The molecule has 1 amide bonds. The first kappa shape index (κ1) is 25.9. The average molecular weight is 576 g/mol. The van der Waals surface area contributed by atoms with Gasteiger partial charge >= 0.3 is 0 Å². The maximum atomic E-state index is 14.7. The highest BCUT2D eigenvalue weighted by Crippen LogP contribution is 2.58. The Morgan fingerprint density at radius 2 is 1.50 bits per heavy atom. The van der Waals surface area contributed by atoms with E-state index in [0.717, 1.165) is 5.56 Å². The molecule has 1 N–H and O–H groups in total. The predicted octanol–water partition coefficient (Wildman–Crippen LogP) is 6.10. The van der Waals surface area contributed by atoms with Crippen molar-refractivity contribution in [1.82, 2.24) is 0 Å². The number of non-ortho nitro benzene ring substituents is 1. The van der Waals surface area contributed by atoms with Crippen molar-refractivity contribution in [3.05, 3.63) is 141 Å². The average Bonchev–Trinajstić information content (AvgIpc) is 3.49. The number of nitro groups is 1. The Labute approximate surface area is 245 Å². The largest absolute Gasteiger partial charge is 0.352 e. The number of nitro benzene ring substituents is 1. The predicted molar refractivity (Wildman–Crippen MR) is 159 cm³/mol. The van der Waals surface area contributed by atoms with E-state index < -0.39 is 34.1 Å². The summed E-state index contributed by atoms with van der Waals surface area (Å²) in [6.45, 7) is 0. The van der Waals surface area contributed by atoms with Gasteiger partial charge in [-0.05, 0) is 59.7 Å². The molecule has 3 heterocycles. The summed E-state index contributed by atoms with van der Waals surface area (Å²) in [6, 6.07) is 24.8. The maximum Gasteiger partial charge on any atom is 0.269 e. The summed E-state index contributed by atoms with van der Waals surface area (Å²) in [5.74, 6) is -2.31. The smallest absolute Gasteiger partial charge is 0.269 e. The van der Waals surface area contributed by atoms with E-state index >= 15 is 0 Å². The summed E-state index contributed by atoms with van der Waals surface area (Å²) >= 11 is 6.14. The second-order valence-electron chi connectivity index (χ2n) is 10.6. The molecule has 1 spiro atoms. The number of para-hydroxylation sites is 2. The highest BCUT2D eigenvalue weighted by molar-refractivity contribution is 6.30. The van der Waals surface area contributed by atoms with E-state index in [4.69, 9.17) is 11.6 Å². The van der Waals surface area contributed by atoms with E-state index in [9.17, 15) is 24.5 Å². The molecule has 7 rings (SSSR count). The van der Waals surface area contributed by atoms with Crippen LogP contribution in [0.25, 0.3) is 6.08 Å². The molecule has 4 aromatic carbocycles. The molecular formula is C33H22ClN3O5. The van der Waals surface area contributed by atoms with Gasteiger partial charge in [0, 0.05) is 39.7 Å². The summed E-state index contributed by atoms with van der Waals surface area (Å²) in [5, 5.41) is 14.8. The highest BCUT2D eigenvalue weighted by atomic mass is 35.5.